The SMILES string of the molecule is O=C1c2cccc3cccc(c23)C(=O)N1CCN(C(=O)c1ccc(Br)cc1)c1ccc(Oc2ccccc2)cc1. The first kappa shape index (κ1) is 25.5. The molecule has 0 radical (unpaired) electrons. The Hall–Kier alpha value is -4.75. The average Bonchev–Trinajstić information content (AvgIpc) is 2.99. The van der Waals surface area contributed by atoms with E-state index in [1.54, 1.807) is 65.6 Å². The van der Waals surface area contributed by atoms with Crippen LogP contribution in [0.4, 0.5) is 5.69 Å². The van der Waals surface area contributed by atoms with Crippen molar-refractivity contribution in [2.45, 2.75) is 0 Å². The van der Waals surface area contributed by atoms with Crippen molar-refractivity contribution in [2.24, 2.45) is 0 Å². The second-order valence-electron chi connectivity index (χ2n) is 9.34. The van der Waals surface area contributed by atoms with Gasteiger partial charge in [-0.05, 0) is 78.2 Å². The molecular weight excluding hydrogens is 568 g/mol. The van der Waals surface area contributed by atoms with E-state index in [-0.39, 0.29) is 30.8 Å². The van der Waals surface area contributed by atoms with Gasteiger partial charge >= 0.3 is 0 Å². The summed E-state index contributed by atoms with van der Waals surface area (Å²) < 4.78 is 6.77. The van der Waals surface area contributed by atoms with Crippen LogP contribution in [0.1, 0.15) is 31.1 Å². The van der Waals surface area contributed by atoms with E-state index in [4.69, 9.17) is 4.74 Å². The Bertz CT molecular complexity index is 1680. The van der Waals surface area contributed by atoms with Crippen molar-refractivity contribution in [3.63, 3.8) is 0 Å². The van der Waals surface area contributed by atoms with Gasteiger partial charge in [0.05, 0.1) is 0 Å². The largest absolute Gasteiger partial charge is 0.457 e. The summed E-state index contributed by atoms with van der Waals surface area (Å²) in [6.07, 6.45) is 0. The van der Waals surface area contributed by atoms with E-state index in [0.29, 0.717) is 39.3 Å². The number of para-hydroxylation sites is 1. The van der Waals surface area contributed by atoms with Crippen LogP contribution in [0.5, 0.6) is 11.5 Å². The molecule has 7 heteroatoms. The molecule has 0 saturated carbocycles. The van der Waals surface area contributed by atoms with E-state index >= 15 is 0 Å². The summed E-state index contributed by atoms with van der Waals surface area (Å²) in [5.41, 5.74) is 2.08. The average molecular weight is 591 g/mol. The van der Waals surface area contributed by atoms with Crippen LogP contribution in [0.3, 0.4) is 0 Å². The second kappa shape index (κ2) is 10.8. The highest BCUT2D eigenvalue weighted by Crippen LogP contribution is 2.31. The van der Waals surface area contributed by atoms with Gasteiger partial charge in [0.25, 0.3) is 17.7 Å². The number of imide groups is 1. The first-order chi connectivity index (χ1) is 19.5. The lowest BCUT2D eigenvalue weighted by atomic mass is 9.94. The van der Waals surface area contributed by atoms with Crippen LogP contribution in [-0.4, -0.2) is 35.7 Å². The lowest BCUT2D eigenvalue weighted by molar-refractivity contribution is 0.0611. The summed E-state index contributed by atoms with van der Waals surface area (Å²) in [6.45, 7) is 0.149. The van der Waals surface area contributed by atoms with Gasteiger partial charge in [0, 0.05) is 45.3 Å². The lowest BCUT2D eigenvalue weighted by Gasteiger charge is -2.30. The molecule has 0 atom stereocenters. The maximum absolute atomic E-state index is 13.7. The van der Waals surface area contributed by atoms with Crippen molar-refractivity contribution >= 4 is 50.1 Å². The molecule has 196 valence electrons. The Kier molecular flexibility index (Phi) is 6.88. The predicted octanol–water partition coefficient (Wildman–Crippen LogP) is 7.34. The molecule has 0 saturated heterocycles. The number of nitrogens with zero attached hydrogens (tertiary/aromatic N) is 2. The molecule has 5 aromatic rings. The normalized spacial score (nSPS) is 12.5. The van der Waals surface area contributed by atoms with Gasteiger partial charge in [0.2, 0.25) is 0 Å². The zero-order chi connectivity index (χ0) is 27.6. The van der Waals surface area contributed by atoms with E-state index in [1.165, 1.54) is 4.90 Å². The highest BCUT2D eigenvalue weighted by Gasteiger charge is 2.33. The van der Waals surface area contributed by atoms with Crippen LogP contribution in [0.2, 0.25) is 0 Å². The molecule has 0 aromatic heterocycles. The minimum absolute atomic E-state index is 0.0346. The van der Waals surface area contributed by atoms with Gasteiger partial charge < -0.3 is 9.64 Å². The molecule has 0 N–H and O–H groups in total. The molecule has 0 aliphatic carbocycles. The molecule has 0 unspecified atom stereocenters. The number of hydrogen-bond acceptors (Lipinski definition) is 4. The fourth-order valence-electron chi connectivity index (χ4n) is 4.90. The maximum atomic E-state index is 13.7. The van der Waals surface area contributed by atoms with E-state index in [0.717, 1.165) is 9.86 Å². The van der Waals surface area contributed by atoms with Crippen molar-refractivity contribution in [1.29, 1.82) is 0 Å². The molecule has 1 heterocycles. The summed E-state index contributed by atoms with van der Waals surface area (Å²) in [4.78, 5) is 43.4. The number of hydrogen-bond donors (Lipinski definition) is 0. The molecule has 3 amide bonds. The highest BCUT2D eigenvalue weighted by molar-refractivity contribution is 9.10. The van der Waals surface area contributed by atoms with Crippen LogP contribution in [0.15, 0.2) is 120 Å². The van der Waals surface area contributed by atoms with Crippen LogP contribution in [-0.2, 0) is 0 Å². The van der Waals surface area contributed by atoms with Crippen molar-refractivity contribution in [3.8, 4) is 11.5 Å². The summed E-state index contributed by atoms with van der Waals surface area (Å²) in [5, 5.41) is 1.52. The zero-order valence-corrected chi connectivity index (χ0v) is 22.9. The fraction of sp³-hybridized carbons (Fsp3) is 0.0606. The second-order valence-corrected chi connectivity index (χ2v) is 10.3. The third kappa shape index (κ3) is 4.87. The van der Waals surface area contributed by atoms with Gasteiger partial charge in [0.1, 0.15) is 11.5 Å². The molecule has 6 rings (SSSR count). The Morgan fingerprint density at radius 3 is 1.93 bits per heavy atom. The first-order valence-electron chi connectivity index (χ1n) is 12.8. The number of carbonyl (C=O) groups excluding carboxylic acids is 3. The van der Waals surface area contributed by atoms with Crippen LogP contribution in [0, 0.1) is 0 Å². The molecule has 40 heavy (non-hydrogen) atoms. The smallest absolute Gasteiger partial charge is 0.261 e. The minimum atomic E-state index is -0.364. The van der Waals surface area contributed by atoms with Crippen LogP contribution < -0.4 is 9.64 Å². The molecule has 1 aliphatic heterocycles. The van der Waals surface area contributed by atoms with Gasteiger partial charge in [-0.1, -0.05) is 58.4 Å². The molecule has 1 aliphatic rings. The summed E-state index contributed by atoms with van der Waals surface area (Å²) in [6, 6.07) is 34.6. The van der Waals surface area contributed by atoms with Crippen molar-refractivity contribution in [3.05, 3.63) is 136 Å². The standard InChI is InChI=1S/C33H23BrN2O4/c34-24-14-12-23(13-15-24)31(37)35(25-16-18-27(19-17-25)40-26-8-2-1-3-9-26)20-21-36-32(38)28-10-4-6-22-7-5-11-29(30(22)28)33(36)39/h1-19H,20-21H2. The Morgan fingerprint density at radius 2 is 1.30 bits per heavy atom. The molecule has 6 nitrogen and oxygen atoms in total. The minimum Gasteiger partial charge on any atom is -0.457 e. The van der Waals surface area contributed by atoms with Gasteiger partial charge in [-0.15, -0.1) is 0 Å². The van der Waals surface area contributed by atoms with Crippen molar-refractivity contribution in [1.82, 2.24) is 4.90 Å². The van der Waals surface area contributed by atoms with Gasteiger partial charge in [0.15, 0.2) is 0 Å². The fourth-order valence-corrected chi connectivity index (χ4v) is 5.16. The number of benzene rings is 5. The number of halogens is 1. The Morgan fingerprint density at radius 1 is 0.700 bits per heavy atom. The zero-order valence-electron chi connectivity index (χ0n) is 21.3. The van der Waals surface area contributed by atoms with E-state index in [1.807, 2.05) is 54.6 Å². The van der Waals surface area contributed by atoms with E-state index < -0.39 is 0 Å². The third-order valence-electron chi connectivity index (χ3n) is 6.87. The number of rotatable bonds is 7. The van der Waals surface area contributed by atoms with Crippen LogP contribution in [0.25, 0.3) is 10.8 Å². The monoisotopic (exact) mass is 590 g/mol. The van der Waals surface area contributed by atoms with Gasteiger partial charge in [-0.3, -0.25) is 19.3 Å². The number of ether oxygens (including phenoxy) is 1. The Labute approximate surface area is 239 Å². The highest BCUT2D eigenvalue weighted by atomic mass is 79.9. The maximum Gasteiger partial charge on any atom is 0.261 e. The molecule has 0 fully saturated rings. The Balaban J connectivity index is 1.29. The molecule has 0 bridgehead atoms. The topological polar surface area (TPSA) is 66.9 Å². The summed E-state index contributed by atoms with van der Waals surface area (Å²) in [7, 11) is 0. The molecule has 0 spiro atoms. The van der Waals surface area contributed by atoms with Crippen molar-refractivity contribution in [2.75, 3.05) is 18.0 Å². The van der Waals surface area contributed by atoms with Crippen LogP contribution >= 0.6 is 15.9 Å². The predicted molar refractivity (Wildman–Crippen MR) is 158 cm³/mol. The van der Waals surface area contributed by atoms with E-state index in [9.17, 15) is 14.4 Å². The molecular formula is C33H23BrN2O4. The number of anilines is 1. The third-order valence-corrected chi connectivity index (χ3v) is 7.40. The van der Waals surface area contributed by atoms with Gasteiger partial charge in [-0.25, -0.2) is 0 Å². The van der Waals surface area contributed by atoms with Crippen molar-refractivity contribution < 1.29 is 19.1 Å². The lowest BCUT2D eigenvalue weighted by Crippen LogP contribution is -2.46. The van der Waals surface area contributed by atoms with Gasteiger partial charge in [-0.2, -0.15) is 0 Å². The number of carbonyl (C=O) groups is 3. The summed E-state index contributed by atoms with van der Waals surface area (Å²) in [5.74, 6) is 0.352. The van der Waals surface area contributed by atoms with E-state index in [2.05, 4.69) is 15.9 Å². The quantitative estimate of drug-likeness (QED) is 0.186. The first-order valence-corrected chi connectivity index (χ1v) is 13.6. The molecule has 5 aromatic carbocycles. The number of amides is 3. The summed E-state index contributed by atoms with van der Waals surface area (Å²) >= 11 is 3.41.